The fraction of sp³-hybridized carbons (Fsp3) is 0.300. The number of carbonyl (C=O) groups excluding carboxylic acids is 3. The maximum Gasteiger partial charge on any atom is 0.274 e. The topological polar surface area (TPSA) is 130 Å². The standard InChI is InChI=1S/C30H32N6O5/c1-20(37)23-10-7-11-24(31-23)29(39)32-26-16-22-18-36(33-25(22)17-27(26)41-2)19-28(38)34-12-14-35(15-13-34)30(40)21-8-5-3-4-6-9-21/h3-5,7-11,16-18,20,37H,6,12-15,19H2,1-2H3,(H,32,39). The number of methoxy groups -OCH3 is 1. The Bertz CT molecular complexity index is 1560. The Morgan fingerprint density at radius 3 is 2.63 bits per heavy atom. The van der Waals surface area contributed by atoms with Gasteiger partial charge in [0.05, 0.1) is 30.1 Å². The van der Waals surface area contributed by atoms with E-state index in [1.807, 2.05) is 30.4 Å². The summed E-state index contributed by atoms with van der Waals surface area (Å²) in [6, 6.07) is 8.30. The number of anilines is 1. The van der Waals surface area contributed by atoms with E-state index in [9.17, 15) is 19.5 Å². The third kappa shape index (κ3) is 6.36. The van der Waals surface area contributed by atoms with Crippen LogP contribution in [0.3, 0.4) is 0 Å². The average molecular weight is 557 g/mol. The number of aliphatic hydroxyl groups excluding tert-OH is 1. The predicted octanol–water partition coefficient (Wildman–Crippen LogP) is 2.86. The van der Waals surface area contributed by atoms with E-state index >= 15 is 0 Å². The van der Waals surface area contributed by atoms with E-state index in [1.54, 1.807) is 57.9 Å². The molecule has 11 heteroatoms. The SMILES string of the molecule is COc1cc2nn(CC(=O)N3CCN(C(=O)C4=CCC=CC=C4)CC3)cc2cc1NC(=O)c1cccc(C(C)O)n1. The second kappa shape index (κ2) is 12.2. The van der Waals surface area contributed by atoms with Crippen LogP contribution in [-0.4, -0.2) is 80.7 Å². The molecule has 0 bridgehead atoms. The van der Waals surface area contributed by atoms with Gasteiger partial charge in [0, 0.05) is 49.4 Å². The lowest BCUT2D eigenvalue weighted by atomic mass is 10.1. The van der Waals surface area contributed by atoms with E-state index in [2.05, 4.69) is 15.4 Å². The first-order chi connectivity index (χ1) is 19.8. The third-order valence-electron chi connectivity index (χ3n) is 7.01. The van der Waals surface area contributed by atoms with Crippen molar-refractivity contribution in [3.05, 3.63) is 83.9 Å². The van der Waals surface area contributed by atoms with Gasteiger partial charge in [-0.2, -0.15) is 5.10 Å². The molecule has 11 nitrogen and oxygen atoms in total. The number of benzene rings is 1. The molecule has 3 aromatic rings. The Labute approximate surface area is 237 Å². The number of nitrogens with one attached hydrogen (secondary N) is 1. The molecule has 1 aliphatic heterocycles. The molecule has 2 aromatic heterocycles. The maximum absolute atomic E-state index is 13.1. The molecule has 0 radical (unpaired) electrons. The highest BCUT2D eigenvalue weighted by Gasteiger charge is 2.26. The third-order valence-corrected chi connectivity index (χ3v) is 7.01. The molecule has 1 saturated heterocycles. The van der Waals surface area contributed by atoms with Gasteiger partial charge >= 0.3 is 0 Å². The van der Waals surface area contributed by atoms with Crippen molar-refractivity contribution in [1.82, 2.24) is 24.6 Å². The molecule has 3 amide bonds. The van der Waals surface area contributed by atoms with Crippen molar-refractivity contribution in [2.24, 2.45) is 0 Å². The Morgan fingerprint density at radius 2 is 1.88 bits per heavy atom. The Morgan fingerprint density at radius 1 is 1.10 bits per heavy atom. The minimum atomic E-state index is -0.799. The largest absolute Gasteiger partial charge is 0.494 e. The van der Waals surface area contributed by atoms with Gasteiger partial charge < -0.3 is 25.0 Å². The number of pyridine rings is 1. The van der Waals surface area contributed by atoms with E-state index in [0.29, 0.717) is 59.8 Å². The zero-order valence-corrected chi connectivity index (χ0v) is 23.0. The highest BCUT2D eigenvalue weighted by atomic mass is 16.5. The van der Waals surface area contributed by atoms with Gasteiger partial charge in [0.25, 0.3) is 11.8 Å². The van der Waals surface area contributed by atoms with Crippen molar-refractivity contribution < 1.29 is 24.2 Å². The van der Waals surface area contributed by atoms with E-state index in [0.717, 1.165) is 6.42 Å². The van der Waals surface area contributed by atoms with Crippen LogP contribution in [0.15, 0.2) is 72.5 Å². The van der Waals surface area contributed by atoms with E-state index in [4.69, 9.17) is 4.74 Å². The van der Waals surface area contributed by atoms with Gasteiger partial charge in [-0.25, -0.2) is 4.98 Å². The minimum Gasteiger partial charge on any atom is -0.494 e. The Balaban J connectivity index is 1.23. The lowest BCUT2D eigenvalue weighted by Crippen LogP contribution is -2.51. The first-order valence-corrected chi connectivity index (χ1v) is 13.4. The lowest BCUT2D eigenvalue weighted by molar-refractivity contribution is -0.138. The van der Waals surface area contributed by atoms with Crippen molar-refractivity contribution in [1.29, 1.82) is 0 Å². The summed E-state index contributed by atoms with van der Waals surface area (Å²) in [5, 5.41) is 17.8. The smallest absolute Gasteiger partial charge is 0.274 e. The van der Waals surface area contributed by atoms with Gasteiger partial charge in [0.1, 0.15) is 18.0 Å². The summed E-state index contributed by atoms with van der Waals surface area (Å²) in [6.07, 6.45) is 11.2. The molecular formula is C30H32N6O5. The lowest BCUT2D eigenvalue weighted by Gasteiger charge is -2.35. The van der Waals surface area contributed by atoms with Crippen LogP contribution in [0.1, 0.15) is 35.6 Å². The number of fused-ring (bicyclic) bond motifs is 1. The molecule has 1 aromatic carbocycles. The molecular weight excluding hydrogens is 524 g/mol. The molecule has 1 atom stereocenters. The highest BCUT2D eigenvalue weighted by Crippen LogP contribution is 2.30. The molecule has 3 heterocycles. The number of hydrogen-bond acceptors (Lipinski definition) is 7. The second-order valence-electron chi connectivity index (χ2n) is 9.87. The van der Waals surface area contributed by atoms with Gasteiger partial charge in [0.15, 0.2) is 0 Å². The molecule has 2 N–H and O–H groups in total. The number of carbonyl (C=O) groups is 3. The molecule has 0 saturated carbocycles. The molecule has 2 aliphatic rings. The van der Waals surface area contributed by atoms with Crippen LogP contribution in [0.5, 0.6) is 5.75 Å². The molecule has 1 aliphatic carbocycles. The number of piperazine rings is 1. The number of nitrogens with zero attached hydrogens (tertiary/aromatic N) is 5. The quantitative estimate of drug-likeness (QED) is 0.458. The normalized spacial score (nSPS) is 15.8. The van der Waals surface area contributed by atoms with E-state index in [-0.39, 0.29) is 24.1 Å². The maximum atomic E-state index is 13.1. The molecule has 212 valence electrons. The Hall–Kier alpha value is -4.77. The zero-order chi connectivity index (χ0) is 28.9. The Kier molecular flexibility index (Phi) is 8.25. The van der Waals surface area contributed by atoms with Crippen molar-refractivity contribution in [3.63, 3.8) is 0 Å². The number of rotatable bonds is 7. The van der Waals surface area contributed by atoms with Crippen LogP contribution in [-0.2, 0) is 16.1 Å². The molecule has 5 rings (SSSR count). The number of hydrogen-bond donors (Lipinski definition) is 2. The number of aliphatic hydroxyl groups is 1. The van der Waals surface area contributed by atoms with Gasteiger partial charge in [-0.3, -0.25) is 19.1 Å². The highest BCUT2D eigenvalue weighted by molar-refractivity contribution is 6.05. The molecule has 1 unspecified atom stereocenters. The summed E-state index contributed by atoms with van der Waals surface area (Å²) in [4.78, 5) is 46.5. The predicted molar refractivity (Wildman–Crippen MR) is 153 cm³/mol. The fourth-order valence-corrected chi connectivity index (χ4v) is 4.77. The van der Waals surface area contributed by atoms with E-state index < -0.39 is 12.0 Å². The van der Waals surface area contributed by atoms with Crippen molar-refractivity contribution >= 4 is 34.3 Å². The van der Waals surface area contributed by atoms with Crippen LogP contribution >= 0.6 is 0 Å². The van der Waals surface area contributed by atoms with Crippen molar-refractivity contribution in [2.45, 2.75) is 26.0 Å². The van der Waals surface area contributed by atoms with Gasteiger partial charge in [-0.1, -0.05) is 30.4 Å². The summed E-state index contributed by atoms with van der Waals surface area (Å²) in [6.45, 7) is 3.47. The summed E-state index contributed by atoms with van der Waals surface area (Å²) in [7, 11) is 1.49. The number of amides is 3. The monoisotopic (exact) mass is 556 g/mol. The first kappa shape index (κ1) is 27.8. The molecule has 0 spiro atoms. The molecule has 41 heavy (non-hydrogen) atoms. The summed E-state index contributed by atoms with van der Waals surface area (Å²) >= 11 is 0. The van der Waals surface area contributed by atoms with E-state index in [1.165, 1.54) is 7.11 Å². The van der Waals surface area contributed by atoms with Crippen LogP contribution in [0, 0.1) is 0 Å². The molecule has 1 fully saturated rings. The van der Waals surface area contributed by atoms with Gasteiger partial charge in [-0.05, 0) is 37.6 Å². The van der Waals surface area contributed by atoms with Crippen LogP contribution in [0.25, 0.3) is 10.9 Å². The second-order valence-corrected chi connectivity index (χ2v) is 9.87. The van der Waals surface area contributed by atoms with Crippen LogP contribution < -0.4 is 10.1 Å². The summed E-state index contributed by atoms with van der Waals surface area (Å²) in [5.41, 5.74) is 2.26. The summed E-state index contributed by atoms with van der Waals surface area (Å²) < 4.78 is 7.04. The number of aromatic nitrogens is 3. The van der Waals surface area contributed by atoms with Gasteiger partial charge in [-0.15, -0.1) is 0 Å². The van der Waals surface area contributed by atoms with Crippen molar-refractivity contribution in [3.8, 4) is 5.75 Å². The zero-order valence-electron chi connectivity index (χ0n) is 23.0. The van der Waals surface area contributed by atoms with Crippen LogP contribution in [0.4, 0.5) is 5.69 Å². The number of allylic oxidation sites excluding steroid dienone is 4. The fourth-order valence-electron chi connectivity index (χ4n) is 4.77. The van der Waals surface area contributed by atoms with Crippen LogP contribution in [0.2, 0.25) is 0 Å². The first-order valence-electron chi connectivity index (χ1n) is 13.4. The number of ether oxygens (including phenoxy) is 1. The van der Waals surface area contributed by atoms with Crippen molar-refractivity contribution in [2.75, 3.05) is 38.6 Å². The minimum absolute atomic E-state index is 0.0151. The average Bonchev–Trinajstić information content (AvgIpc) is 3.17. The summed E-state index contributed by atoms with van der Waals surface area (Å²) in [5.74, 6) is -0.149. The van der Waals surface area contributed by atoms with Gasteiger partial charge in [0.2, 0.25) is 5.91 Å².